The minimum Gasteiger partial charge on any atom is -0.351 e. The van der Waals surface area contributed by atoms with Crippen molar-refractivity contribution in [2.45, 2.75) is 27.1 Å². The fourth-order valence-electron chi connectivity index (χ4n) is 0.367. The van der Waals surface area contributed by atoms with Gasteiger partial charge in [0.05, 0.1) is 6.61 Å². The van der Waals surface area contributed by atoms with Crippen molar-refractivity contribution in [1.29, 1.82) is 0 Å². The molecule has 0 radical (unpaired) electrons. The third kappa shape index (κ3) is 5.76. The van der Waals surface area contributed by atoms with Crippen LogP contribution in [-0.2, 0) is 9.57 Å². The molecule has 0 aliphatic rings. The summed E-state index contributed by atoms with van der Waals surface area (Å²) in [6, 6.07) is 0. The van der Waals surface area contributed by atoms with Crippen LogP contribution in [0.4, 0.5) is 0 Å². The highest BCUT2D eigenvalue weighted by Gasteiger charge is 1.99. The van der Waals surface area contributed by atoms with Crippen LogP contribution < -0.4 is 5.90 Å². The predicted molar refractivity (Wildman–Crippen MR) is 35.5 cm³/mol. The van der Waals surface area contributed by atoms with Gasteiger partial charge in [-0.05, 0) is 12.8 Å². The molecule has 3 nitrogen and oxygen atoms in total. The van der Waals surface area contributed by atoms with Crippen molar-refractivity contribution >= 4 is 0 Å². The first kappa shape index (κ1) is 8.88. The first-order valence-electron chi connectivity index (χ1n) is 3.14. The Labute approximate surface area is 56.1 Å². The molecule has 1 unspecified atom stereocenters. The lowest BCUT2D eigenvalue weighted by atomic mass is 10.2. The van der Waals surface area contributed by atoms with E-state index < -0.39 is 0 Å². The van der Waals surface area contributed by atoms with Gasteiger partial charge in [-0.3, -0.25) is 4.84 Å². The second-order valence-electron chi connectivity index (χ2n) is 2.43. The summed E-state index contributed by atoms with van der Waals surface area (Å²) >= 11 is 0. The van der Waals surface area contributed by atoms with Crippen molar-refractivity contribution < 1.29 is 9.57 Å². The molecule has 0 spiro atoms. The van der Waals surface area contributed by atoms with Gasteiger partial charge >= 0.3 is 0 Å². The van der Waals surface area contributed by atoms with Crippen molar-refractivity contribution in [3.05, 3.63) is 0 Å². The van der Waals surface area contributed by atoms with Crippen LogP contribution in [0.2, 0.25) is 0 Å². The van der Waals surface area contributed by atoms with Crippen molar-refractivity contribution in [1.82, 2.24) is 0 Å². The molecule has 2 N–H and O–H groups in total. The second-order valence-corrected chi connectivity index (χ2v) is 2.43. The first-order chi connectivity index (χ1) is 4.16. The number of hydrogen-bond acceptors (Lipinski definition) is 3. The van der Waals surface area contributed by atoms with Crippen LogP contribution in [0.3, 0.4) is 0 Å². The van der Waals surface area contributed by atoms with Crippen LogP contribution in [0.1, 0.15) is 20.8 Å². The van der Waals surface area contributed by atoms with E-state index >= 15 is 0 Å². The Bertz CT molecular complexity index is 66.1. The molecule has 0 amide bonds. The molecule has 0 heterocycles. The Hall–Kier alpha value is -0.120. The molecule has 0 saturated carbocycles. The van der Waals surface area contributed by atoms with Crippen molar-refractivity contribution in [3.63, 3.8) is 0 Å². The van der Waals surface area contributed by atoms with Gasteiger partial charge in [0.1, 0.15) is 0 Å². The Balaban J connectivity index is 3.06. The van der Waals surface area contributed by atoms with E-state index in [-0.39, 0.29) is 6.29 Å². The van der Waals surface area contributed by atoms with E-state index in [1.54, 1.807) is 6.92 Å². The molecular formula is C6H15NO2. The molecule has 1 atom stereocenters. The Morgan fingerprint density at radius 3 is 2.22 bits per heavy atom. The molecule has 0 aromatic carbocycles. The molecule has 9 heavy (non-hydrogen) atoms. The molecule has 0 saturated heterocycles. The van der Waals surface area contributed by atoms with Crippen LogP contribution in [0.5, 0.6) is 0 Å². The highest BCUT2D eigenvalue weighted by atomic mass is 16.7. The quantitative estimate of drug-likeness (QED) is 0.457. The first-order valence-corrected chi connectivity index (χ1v) is 3.14. The van der Waals surface area contributed by atoms with E-state index in [0.29, 0.717) is 12.5 Å². The Morgan fingerprint density at radius 2 is 1.89 bits per heavy atom. The van der Waals surface area contributed by atoms with Gasteiger partial charge in [-0.2, -0.15) is 0 Å². The van der Waals surface area contributed by atoms with Gasteiger partial charge in [-0.25, -0.2) is 5.90 Å². The van der Waals surface area contributed by atoms with E-state index in [1.807, 2.05) is 0 Å². The van der Waals surface area contributed by atoms with E-state index in [4.69, 9.17) is 10.6 Å². The van der Waals surface area contributed by atoms with Crippen molar-refractivity contribution in [2.75, 3.05) is 6.61 Å². The molecule has 0 aromatic heterocycles. The van der Waals surface area contributed by atoms with Crippen LogP contribution in [0, 0.1) is 5.92 Å². The zero-order chi connectivity index (χ0) is 7.28. The lowest BCUT2D eigenvalue weighted by Gasteiger charge is -2.11. The number of hydrogen-bond donors (Lipinski definition) is 1. The maximum Gasteiger partial charge on any atom is 0.174 e. The molecule has 56 valence electrons. The molecular weight excluding hydrogens is 118 g/mol. The fraction of sp³-hybridized carbons (Fsp3) is 1.00. The summed E-state index contributed by atoms with van der Waals surface area (Å²) < 4.78 is 5.11. The zero-order valence-electron chi connectivity index (χ0n) is 6.26. The van der Waals surface area contributed by atoms with Crippen molar-refractivity contribution in [2.24, 2.45) is 11.8 Å². The third-order valence-corrected chi connectivity index (χ3v) is 0.856. The molecule has 0 fully saturated rings. The average molecular weight is 133 g/mol. The average Bonchev–Trinajstić information content (AvgIpc) is 1.83. The Morgan fingerprint density at radius 1 is 1.33 bits per heavy atom. The van der Waals surface area contributed by atoms with E-state index in [1.165, 1.54) is 0 Å². The molecule has 0 rings (SSSR count). The number of ether oxygens (including phenoxy) is 1. The minimum atomic E-state index is -0.285. The smallest absolute Gasteiger partial charge is 0.174 e. The highest BCUT2D eigenvalue weighted by molar-refractivity contribution is 4.39. The van der Waals surface area contributed by atoms with Crippen LogP contribution in [0.15, 0.2) is 0 Å². The van der Waals surface area contributed by atoms with Gasteiger partial charge in [-0.15, -0.1) is 0 Å². The maximum absolute atomic E-state index is 5.11. The summed E-state index contributed by atoms with van der Waals surface area (Å²) in [7, 11) is 0. The van der Waals surface area contributed by atoms with E-state index in [0.717, 1.165) is 0 Å². The molecule has 0 aliphatic heterocycles. The molecule has 0 aliphatic carbocycles. The van der Waals surface area contributed by atoms with Crippen LogP contribution in [-0.4, -0.2) is 12.9 Å². The molecule has 0 aromatic rings. The van der Waals surface area contributed by atoms with Gasteiger partial charge in [0.25, 0.3) is 0 Å². The lowest BCUT2D eigenvalue weighted by molar-refractivity contribution is -0.138. The fourth-order valence-corrected chi connectivity index (χ4v) is 0.367. The van der Waals surface area contributed by atoms with Crippen LogP contribution >= 0.6 is 0 Å². The minimum absolute atomic E-state index is 0.285. The maximum atomic E-state index is 5.11. The largest absolute Gasteiger partial charge is 0.351 e. The summed E-state index contributed by atoms with van der Waals surface area (Å²) in [6.07, 6.45) is -0.285. The van der Waals surface area contributed by atoms with Crippen LogP contribution in [0.25, 0.3) is 0 Å². The van der Waals surface area contributed by atoms with E-state index in [9.17, 15) is 0 Å². The number of rotatable bonds is 4. The third-order valence-electron chi connectivity index (χ3n) is 0.856. The Kier molecular flexibility index (Phi) is 4.67. The highest BCUT2D eigenvalue weighted by Crippen LogP contribution is 1.96. The molecule has 0 bridgehead atoms. The summed E-state index contributed by atoms with van der Waals surface area (Å²) in [6.45, 7) is 6.60. The standard InChI is InChI=1S/C6H15NO2/c1-5(2)4-8-6(3)9-7/h5-6H,4,7H2,1-3H3. The monoisotopic (exact) mass is 133 g/mol. The lowest BCUT2D eigenvalue weighted by Crippen LogP contribution is -2.19. The van der Waals surface area contributed by atoms with E-state index in [2.05, 4.69) is 18.7 Å². The second kappa shape index (κ2) is 4.73. The van der Waals surface area contributed by atoms with Gasteiger partial charge < -0.3 is 4.74 Å². The summed E-state index contributed by atoms with van der Waals surface area (Å²) in [5, 5.41) is 0. The topological polar surface area (TPSA) is 44.5 Å². The SMILES string of the molecule is CC(C)COC(C)ON. The zero-order valence-corrected chi connectivity index (χ0v) is 6.26. The predicted octanol–water partition coefficient (Wildman–Crippen LogP) is 0.895. The summed E-state index contributed by atoms with van der Waals surface area (Å²) in [5.41, 5.74) is 0. The van der Waals surface area contributed by atoms with Gasteiger partial charge in [-0.1, -0.05) is 13.8 Å². The summed E-state index contributed by atoms with van der Waals surface area (Å²) in [4.78, 5) is 4.38. The summed E-state index contributed by atoms with van der Waals surface area (Å²) in [5.74, 6) is 5.36. The van der Waals surface area contributed by atoms with Crippen molar-refractivity contribution in [3.8, 4) is 0 Å². The number of nitrogens with two attached hydrogens (primary N) is 1. The van der Waals surface area contributed by atoms with Gasteiger partial charge in [0, 0.05) is 0 Å². The van der Waals surface area contributed by atoms with Gasteiger partial charge in [0.2, 0.25) is 0 Å². The van der Waals surface area contributed by atoms with Gasteiger partial charge in [0.15, 0.2) is 6.29 Å². The normalized spacial score (nSPS) is 14.3. The molecule has 3 heteroatoms.